The Labute approximate surface area is 259 Å². The number of rotatable bonds is 3. The highest BCUT2D eigenvalue weighted by Crippen LogP contribution is 2.62. The van der Waals surface area contributed by atoms with Crippen LogP contribution in [0, 0.1) is 39.8 Å². The number of benzene rings is 3. The normalized spacial score (nSPS) is 16.8. The molecule has 3 aromatic carbocycles. The minimum Gasteiger partial charge on any atom is -0.406 e. The van der Waals surface area contributed by atoms with Gasteiger partial charge >= 0.3 is 12.5 Å². The predicted octanol–water partition coefficient (Wildman–Crippen LogP) is 8.58. The van der Waals surface area contributed by atoms with E-state index in [0.717, 1.165) is 17.4 Å². The van der Waals surface area contributed by atoms with Gasteiger partial charge < -0.3 is 10.1 Å². The van der Waals surface area contributed by atoms with Crippen molar-refractivity contribution < 1.29 is 35.5 Å². The largest absolute Gasteiger partial charge is 0.573 e. The highest BCUT2D eigenvalue weighted by molar-refractivity contribution is 7.16. The van der Waals surface area contributed by atoms with Gasteiger partial charge in [0.25, 0.3) is 0 Å². The summed E-state index contributed by atoms with van der Waals surface area (Å²) in [6.45, 7) is 0.490. The molecule has 7 rings (SSSR count). The van der Waals surface area contributed by atoms with E-state index in [9.17, 15) is 46.5 Å². The highest BCUT2D eigenvalue weighted by atomic mass is 32.1. The third-order valence-corrected chi connectivity index (χ3v) is 9.13. The molecule has 1 unspecified atom stereocenters. The van der Waals surface area contributed by atoms with Crippen LogP contribution in [0.2, 0.25) is 0 Å². The molecule has 5 nitrogen and oxygen atoms in total. The van der Waals surface area contributed by atoms with E-state index in [1.54, 1.807) is 6.07 Å². The zero-order valence-electron chi connectivity index (χ0n) is 22.8. The van der Waals surface area contributed by atoms with Gasteiger partial charge in [0, 0.05) is 38.6 Å². The number of hydrogen-bond donors (Lipinski definition) is 1. The number of halogens is 7. The first-order valence-corrected chi connectivity index (χ1v) is 14.2. The molecule has 0 bridgehead atoms. The Balaban J connectivity index is 1.49. The summed E-state index contributed by atoms with van der Waals surface area (Å²) < 4.78 is 98.0. The molecule has 2 aliphatic carbocycles. The van der Waals surface area contributed by atoms with E-state index in [1.807, 2.05) is 12.1 Å². The molecule has 1 aromatic heterocycles. The van der Waals surface area contributed by atoms with Gasteiger partial charge in [-0.05, 0) is 69.8 Å². The number of allylic oxidation sites excluding steroid dienone is 1. The zero-order valence-corrected chi connectivity index (χ0v) is 23.6. The number of nitrogens with one attached hydrogen (secondary N) is 1. The van der Waals surface area contributed by atoms with Gasteiger partial charge in [0.1, 0.15) is 29.3 Å². The molecular weight excluding hydrogens is 633 g/mol. The number of nitrogens with zero attached hydrogens (tertiary/aromatic N) is 3. The summed E-state index contributed by atoms with van der Waals surface area (Å²) in [6.07, 6.45) is -9.89. The summed E-state index contributed by atoms with van der Waals surface area (Å²) in [5.41, 5.74) is 2.45. The van der Waals surface area contributed by atoms with Gasteiger partial charge in [0.15, 0.2) is 0 Å². The zero-order chi connectivity index (χ0) is 32.7. The molecule has 1 aliphatic heterocycles. The quantitative estimate of drug-likeness (QED) is 0.118. The molecule has 0 saturated carbocycles. The van der Waals surface area contributed by atoms with E-state index in [-0.39, 0.29) is 28.3 Å². The van der Waals surface area contributed by atoms with Crippen molar-refractivity contribution in [2.75, 3.05) is 6.54 Å². The topological polar surface area (TPSA) is 103 Å². The Morgan fingerprint density at radius 3 is 1.93 bits per heavy atom. The first-order chi connectivity index (χ1) is 21.8. The average molecular weight is 647 g/mol. The second kappa shape index (κ2) is 10.0. The Bertz CT molecular complexity index is 2200. The lowest BCUT2D eigenvalue weighted by molar-refractivity contribution is -0.274. The fourth-order valence-corrected chi connectivity index (χ4v) is 7.45. The maximum absolute atomic E-state index is 14.0. The van der Waals surface area contributed by atoms with Crippen LogP contribution in [0.1, 0.15) is 26.4 Å². The molecule has 4 aromatic rings. The van der Waals surface area contributed by atoms with Crippen molar-refractivity contribution in [1.29, 1.82) is 15.8 Å². The van der Waals surface area contributed by atoms with E-state index in [1.165, 1.54) is 30.3 Å². The van der Waals surface area contributed by atoms with Crippen molar-refractivity contribution in [2.24, 2.45) is 0 Å². The van der Waals surface area contributed by atoms with Crippen molar-refractivity contribution in [1.82, 2.24) is 5.32 Å². The van der Waals surface area contributed by atoms with Crippen LogP contribution in [-0.2, 0) is 6.18 Å². The lowest BCUT2D eigenvalue weighted by Gasteiger charge is -2.12. The second-order valence-electron chi connectivity index (χ2n) is 10.6. The van der Waals surface area contributed by atoms with Gasteiger partial charge in [0.2, 0.25) is 0 Å². The first-order valence-electron chi connectivity index (χ1n) is 13.4. The Morgan fingerprint density at radius 2 is 1.35 bits per heavy atom. The van der Waals surface area contributed by atoms with Crippen LogP contribution in [0.5, 0.6) is 5.75 Å². The number of thiophene rings is 1. The fraction of sp³-hybridized carbons (Fsp3) is 0.121. The van der Waals surface area contributed by atoms with Crippen LogP contribution in [0.4, 0.5) is 30.7 Å². The predicted molar refractivity (Wildman–Crippen MR) is 153 cm³/mol. The molecule has 13 heteroatoms. The molecule has 0 spiro atoms. The van der Waals surface area contributed by atoms with E-state index in [0.29, 0.717) is 73.0 Å². The summed E-state index contributed by atoms with van der Waals surface area (Å²) in [4.78, 5) is 1.05. The maximum atomic E-state index is 14.0. The Kier molecular flexibility index (Phi) is 6.40. The molecule has 1 saturated heterocycles. The van der Waals surface area contributed by atoms with Crippen LogP contribution in [0.3, 0.4) is 0 Å². The van der Waals surface area contributed by atoms with E-state index in [4.69, 9.17) is 0 Å². The monoisotopic (exact) mass is 646 g/mol. The third kappa shape index (κ3) is 4.54. The van der Waals surface area contributed by atoms with Crippen LogP contribution in [0.15, 0.2) is 65.7 Å². The smallest absolute Gasteiger partial charge is 0.406 e. The van der Waals surface area contributed by atoms with Crippen molar-refractivity contribution in [3.05, 3.63) is 98.0 Å². The molecular formula is C33H13F7N4OS. The molecule has 1 fully saturated rings. The minimum atomic E-state index is -4.95. The second-order valence-corrected chi connectivity index (χ2v) is 11.6. The molecule has 2 heterocycles. The molecule has 0 amide bonds. The van der Waals surface area contributed by atoms with Crippen LogP contribution in [0.25, 0.3) is 44.5 Å². The molecule has 1 N–H and O–H groups in total. The van der Waals surface area contributed by atoms with Crippen molar-refractivity contribution in [3.8, 4) is 57.3 Å². The highest BCUT2D eigenvalue weighted by Gasteiger charge is 2.42. The fourth-order valence-electron chi connectivity index (χ4n) is 5.98. The van der Waals surface area contributed by atoms with Gasteiger partial charge in [-0.3, -0.25) is 0 Å². The molecule has 226 valence electrons. The molecule has 1 atom stereocenters. The summed E-state index contributed by atoms with van der Waals surface area (Å²) >= 11 is 1.16. The summed E-state index contributed by atoms with van der Waals surface area (Å²) in [5, 5.41) is 33.0. The van der Waals surface area contributed by atoms with Gasteiger partial charge in [0.05, 0.1) is 23.2 Å². The molecule has 3 aliphatic rings. The number of alkyl halides is 6. The van der Waals surface area contributed by atoms with E-state index >= 15 is 0 Å². The van der Waals surface area contributed by atoms with Gasteiger partial charge in [-0.25, -0.2) is 4.39 Å². The van der Waals surface area contributed by atoms with Gasteiger partial charge in [-0.1, -0.05) is 18.2 Å². The van der Waals surface area contributed by atoms with Crippen molar-refractivity contribution >= 4 is 22.5 Å². The van der Waals surface area contributed by atoms with Gasteiger partial charge in [-0.15, -0.1) is 24.5 Å². The summed E-state index contributed by atoms with van der Waals surface area (Å²) in [5.74, 6) is -1.91. The van der Waals surface area contributed by atoms with Crippen LogP contribution in [-0.4, -0.2) is 18.9 Å². The van der Waals surface area contributed by atoms with Crippen molar-refractivity contribution in [2.45, 2.75) is 18.6 Å². The lowest BCUT2D eigenvalue weighted by atomic mass is 9.94. The van der Waals surface area contributed by atoms with Gasteiger partial charge in [-0.2, -0.15) is 29.0 Å². The summed E-state index contributed by atoms with van der Waals surface area (Å²) in [7, 11) is 0. The molecule has 0 radical (unpaired) electrons. The lowest BCUT2D eigenvalue weighted by Crippen LogP contribution is -2.17. The average Bonchev–Trinajstić information content (AvgIpc) is 3.61. The standard InChI is InChI=1S/C33H13F7N4OS/c34-24-6-2-15(8-23(24)32(35,36)37)14-1-4-18-20(7-14)26(16(10-41)11-42)30-28(18)29-19-5-3-17(45-33(38,39)40)9-21(19)27(31(29)46-30)22(12-43)25-13-44-25/h1-9,25,44H,13H2/b27-22-. The van der Waals surface area contributed by atoms with Crippen LogP contribution >= 0.6 is 11.3 Å². The summed E-state index contributed by atoms with van der Waals surface area (Å²) in [6, 6.07) is 16.7. The van der Waals surface area contributed by atoms with E-state index in [2.05, 4.69) is 16.1 Å². The Hall–Kier alpha value is -5.42. The van der Waals surface area contributed by atoms with Crippen LogP contribution < -0.4 is 10.1 Å². The first kappa shape index (κ1) is 29.3. The SMILES string of the molecule is N#CC(C#N)=C1c2cc(-c3ccc(F)c(C(F)(F)F)c3)ccc2-c2c1sc1c2-c2ccc(OC(F)(F)F)cc2/C1=C(\C#N)C1CN1. The number of hydrogen-bond acceptors (Lipinski definition) is 6. The van der Waals surface area contributed by atoms with Crippen molar-refractivity contribution in [3.63, 3.8) is 0 Å². The maximum Gasteiger partial charge on any atom is 0.573 e. The van der Waals surface area contributed by atoms with E-state index < -0.39 is 29.7 Å². The minimum absolute atomic E-state index is 0.0511. The number of ether oxygens (including phenoxy) is 1. The molecule has 46 heavy (non-hydrogen) atoms. The number of fused-ring (bicyclic) bond motifs is 7. The number of nitriles is 3. The Morgan fingerprint density at radius 1 is 0.761 bits per heavy atom. The third-order valence-electron chi connectivity index (χ3n) is 7.91.